The van der Waals surface area contributed by atoms with E-state index in [1.54, 1.807) is 0 Å². The van der Waals surface area contributed by atoms with Crippen molar-refractivity contribution in [3.05, 3.63) is 106 Å². The number of hydrogen-bond donors (Lipinski definition) is 0. The van der Waals surface area contributed by atoms with Crippen molar-refractivity contribution < 1.29 is 4.39 Å². The van der Waals surface area contributed by atoms with E-state index in [2.05, 4.69) is 49.4 Å². The van der Waals surface area contributed by atoms with Gasteiger partial charge in [-0.3, -0.25) is 0 Å². The van der Waals surface area contributed by atoms with Gasteiger partial charge in [0.1, 0.15) is 5.82 Å². The molecule has 0 nitrogen and oxygen atoms in total. The second-order valence-electron chi connectivity index (χ2n) is 5.73. The van der Waals surface area contributed by atoms with Crippen molar-refractivity contribution in [1.82, 2.24) is 0 Å². The van der Waals surface area contributed by atoms with E-state index in [1.165, 1.54) is 34.4 Å². The van der Waals surface area contributed by atoms with E-state index in [0.717, 1.165) is 18.4 Å². The van der Waals surface area contributed by atoms with Gasteiger partial charge in [-0.15, -0.1) is 0 Å². The molecule has 0 saturated carbocycles. The van der Waals surface area contributed by atoms with Crippen LogP contribution in [0.3, 0.4) is 0 Å². The first-order chi connectivity index (χ1) is 10.7. The first-order valence-corrected chi connectivity index (χ1v) is 7.57. The van der Waals surface area contributed by atoms with Crippen molar-refractivity contribution in [3.8, 4) is 0 Å². The van der Waals surface area contributed by atoms with Gasteiger partial charge in [-0.05, 0) is 59.7 Å². The zero-order valence-corrected chi connectivity index (χ0v) is 12.7. The van der Waals surface area contributed by atoms with Gasteiger partial charge in [0, 0.05) is 0 Å². The summed E-state index contributed by atoms with van der Waals surface area (Å²) >= 11 is 0. The van der Waals surface area contributed by atoms with E-state index >= 15 is 0 Å². The molecule has 0 unspecified atom stereocenters. The minimum absolute atomic E-state index is 0.182. The molecule has 0 atom stereocenters. The molecule has 0 heterocycles. The highest BCUT2D eigenvalue weighted by atomic mass is 19.1. The lowest BCUT2D eigenvalue weighted by molar-refractivity contribution is 0.627. The molecule has 0 saturated heterocycles. The molecule has 3 aromatic rings. The monoisotopic (exact) mass is 290 g/mol. The summed E-state index contributed by atoms with van der Waals surface area (Å²) in [5.74, 6) is -0.182. The van der Waals surface area contributed by atoms with Gasteiger partial charge in [0.05, 0.1) is 0 Å². The lowest BCUT2D eigenvalue weighted by Gasteiger charge is -2.09. The van der Waals surface area contributed by atoms with Crippen LogP contribution in [0, 0.1) is 12.7 Å². The summed E-state index contributed by atoms with van der Waals surface area (Å²) in [7, 11) is 0. The summed E-state index contributed by atoms with van der Waals surface area (Å²) < 4.78 is 12.9. The Kier molecular flexibility index (Phi) is 4.34. The molecule has 0 aliphatic heterocycles. The van der Waals surface area contributed by atoms with Crippen LogP contribution in [0.2, 0.25) is 0 Å². The molecule has 0 amide bonds. The summed E-state index contributed by atoms with van der Waals surface area (Å²) in [5, 5.41) is 0. The van der Waals surface area contributed by atoms with Crippen molar-refractivity contribution in [3.63, 3.8) is 0 Å². The van der Waals surface area contributed by atoms with E-state index in [-0.39, 0.29) is 5.82 Å². The van der Waals surface area contributed by atoms with Crippen LogP contribution in [-0.2, 0) is 12.8 Å². The SMILES string of the molecule is Cc1cc(Cc2ccc(F)cc2)ccc1Cc1ccccc1. The zero-order chi connectivity index (χ0) is 15.4. The summed E-state index contributed by atoms with van der Waals surface area (Å²) in [6.07, 6.45) is 1.80. The van der Waals surface area contributed by atoms with Gasteiger partial charge < -0.3 is 0 Å². The van der Waals surface area contributed by atoms with Crippen LogP contribution in [0.15, 0.2) is 72.8 Å². The largest absolute Gasteiger partial charge is 0.207 e. The lowest BCUT2D eigenvalue weighted by Crippen LogP contribution is -1.95. The van der Waals surface area contributed by atoms with Gasteiger partial charge >= 0.3 is 0 Å². The Bertz CT molecular complexity index is 743. The molecule has 0 spiro atoms. The fourth-order valence-corrected chi connectivity index (χ4v) is 2.72. The second kappa shape index (κ2) is 6.57. The van der Waals surface area contributed by atoms with Crippen LogP contribution in [0.1, 0.15) is 27.8 Å². The topological polar surface area (TPSA) is 0 Å². The normalized spacial score (nSPS) is 10.6. The summed E-state index contributed by atoms with van der Waals surface area (Å²) in [4.78, 5) is 0. The summed E-state index contributed by atoms with van der Waals surface area (Å²) in [6, 6.07) is 23.9. The highest BCUT2D eigenvalue weighted by Gasteiger charge is 2.03. The highest BCUT2D eigenvalue weighted by Crippen LogP contribution is 2.18. The number of benzene rings is 3. The quantitative estimate of drug-likeness (QED) is 0.610. The molecule has 3 aromatic carbocycles. The molecule has 0 aromatic heterocycles. The summed E-state index contributed by atoms with van der Waals surface area (Å²) in [5.41, 5.74) is 6.40. The van der Waals surface area contributed by atoms with Crippen molar-refractivity contribution in [1.29, 1.82) is 0 Å². The van der Waals surface area contributed by atoms with Gasteiger partial charge in [-0.1, -0.05) is 60.7 Å². The molecule has 0 N–H and O–H groups in total. The predicted octanol–water partition coefficient (Wildman–Crippen LogP) is 5.32. The highest BCUT2D eigenvalue weighted by molar-refractivity contribution is 5.37. The van der Waals surface area contributed by atoms with Crippen molar-refractivity contribution in [2.75, 3.05) is 0 Å². The molecule has 0 bridgehead atoms. The van der Waals surface area contributed by atoms with Gasteiger partial charge in [-0.25, -0.2) is 4.39 Å². The standard InChI is InChI=1S/C21H19F/c1-16-13-19(14-18-8-11-21(22)12-9-18)7-10-20(16)15-17-5-3-2-4-6-17/h2-13H,14-15H2,1H3. The smallest absolute Gasteiger partial charge is 0.123 e. The first-order valence-electron chi connectivity index (χ1n) is 7.57. The van der Waals surface area contributed by atoms with Crippen LogP contribution in [0.5, 0.6) is 0 Å². The zero-order valence-electron chi connectivity index (χ0n) is 12.7. The average molecular weight is 290 g/mol. The van der Waals surface area contributed by atoms with Crippen molar-refractivity contribution in [2.45, 2.75) is 19.8 Å². The lowest BCUT2D eigenvalue weighted by atomic mass is 9.96. The number of aryl methyl sites for hydroxylation is 1. The predicted molar refractivity (Wildman–Crippen MR) is 89.6 cm³/mol. The molecular weight excluding hydrogens is 271 g/mol. The van der Waals surface area contributed by atoms with E-state index in [0.29, 0.717) is 0 Å². The maximum absolute atomic E-state index is 12.9. The number of halogens is 1. The number of rotatable bonds is 4. The average Bonchev–Trinajstić information content (AvgIpc) is 2.53. The number of hydrogen-bond acceptors (Lipinski definition) is 0. The molecule has 22 heavy (non-hydrogen) atoms. The molecule has 3 rings (SSSR count). The molecule has 0 aliphatic carbocycles. The third kappa shape index (κ3) is 3.62. The maximum Gasteiger partial charge on any atom is 0.123 e. The summed E-state index contributed by atoms with van der Waals surface area (Å²) in [6.45, 7) is 2.16. The Balaban J connectivity index is 1.75. The Morgan fingerprint density at radius 2 is 1.32 bits per heavy atom. The van der Waals surface area contributed by atoms with Crippen LogP contribution in [-0.4, -0.2) is 0 Å². The van der Waals surface area contributed by atoms with Crippen LogP contribution >= 0.6 is 0 Å². The molecule has 1 heteroatoms. The molecule has 0 radical (unpaired) electrons. The molecular formula is C21H19F. The molecule has 110 valence electrons. The van der Waals surface area contributed by atoms with Gasteiger partial charge in [0.2, 0.25) is 0 Å². The van der Waals surface area contributed by atoms with Gasteiger partial charge in [0.25, 0.3) is 0 Å². The van der Waals surface area contributed by atoms with Crippen LogP contribution in [0.25, 0.3) is 0 Å². The van der Waals surface area contributed by atoms with E-state index in [1.807, 2.05) is 18.2 Å². The van der Waals surface area contributed by atoms with Crippen molar-refractivity contribution >= 4 is 0 Å². The van der Waals surface area contributed by atoms with E-state index in [4.69, 9.17) is 0 Å². The van der Waals surface area contributed by atoms with E-state index < -0.39 is 0 Å². The van der Waals surface area contributed by atoms with Gasteiger partial charge in [-0.2, -0.15) is 0 Å². The van der Waals surface area contributed by atoms with Crippen LogP contribution in [0.4, 0.5) is 4.39 Å². The first kappa shape index (κ1) is 14.5. The fourth-order valence-electron chi connectivity index (χ4n) is 2.72. The Morgan fingerprint density at radius 3 is 2.00 bits per heavy atom. The second-order valence-corrected chi connectivity index (χ2v) is 5.73. The Hall–Kier alpha value is -2.41. The maximum atomic E-state index is 12.9. The van der Waals surface area contributed by atoms with Crippen molar-refractivity contribution in [2.24, 2.45) is 0 Å². The third-order valence-corrected chi connectivity index (χ3v) is 3.97. The van der Waals surface area contributed by atoms with Crippen LogP contribution < -0.4 is 0 Å². The molecule has 0 aliphatic rings. The van der Waals surface area contributed by atoms with Gasteiger partial charge in [0.15, 0.2) is 0 Å². The van der Waals surface area contributed by atoms with E-state index in [9.17, 15) is 4.39 Å². The molecule has 0 fully saturated rings. The minimum atomic E-state index is -0.182. The Morgan fingerprint density at radius 1 is 0.682 bits per heavy atom. The third-order valence-electron chi connectivity index (χ3n) is 3.97. The fraction of sp³-hybridized carbons (Fsp3) is 0.143. The Labute approximate surface area is 131 Å². The minimum Gasteiger partial charge on any atom is -0.207 e.